The van der Waals surface area contributed by atoms with Gasteiger partial charge in [0, 0.05) is 22.8 Å². The molecule has 0 spiro atoms. The zero-order chi connectivity index (χ0) is 10.1. The molecule has 0 saturated heterocycles. The van der Waals surface area contributed by atoms with Crippen molar-refractivity contribution in [2.24, 2.45) is 0 Å². The van der Waals surface area contributed by atoms with Gasteiger partial charge in [0.15, 0.2) is 0 Å². The monoisotopic (exact) mass is 212 g/mol. The van der Waals surface area contributed by atoms with E-state index in [1.807, 2.05) is 12.1 Å². The molecule has 15 heavy (non-hydrogen) atoms. The maximum atomic E-state index is 4.38. The fourth-order valence-electron chi connectivity index (χ4n) is 1.62. The molecule has 0 aliphatic carbocycles. The fourth-order valence-corrected chi connectivity index (χ4v) is 2.38. The van der Waals surface area contributed by atoms with E-state index in [1.165, 1.54) is 4.88 Å². The Morgan fingerprint density at radius 1 is 0.933 bits per heavy atom. The van der Waals surface area contributed by atoms with Gasteiger partial charge < -0.3 is 0 Å². The summed E-state index contributed by atoms with van der Waals surface area (Å²) in [6, 6.07) is 10.2. The maximum Gasteiger partial charge on any atom is 0.0973 e. The molecule has 0 radical (unpaired) electrons. The summed E-state index contributed by atoms with van der Waals surface area (Å²) in [6.07, 6.45) is 3.46. The first-order chi connectivity index (χ1) is 7.45. The standard InChI is InChI=1S/C12H8N2S/c1-3-9(11-5-2-8-15-11)12-10(4-1)13-6-7-14-12/h1-8H. The molecule has 3 rings (SSSR count). The van der Waals surface area contributed by atoms with Crippen LogP contribution >= 0.6 is 11.3 Å². The highest BCUT2D eigenvalue weighted by Crippen LogP contribution is 2.29. The van der Waals surface area contributed by atoms with Crippen molar-refractivity contribution in [1.82, 2.24) is 9.97 Å². The van der Waals surface area contributed by atoms with Gasteiger partial charge >= 0.3 is 0 Å². The molecule has 0 aliphatic heterocycles. The Bertz CT molecular complexity index is 582. The van der Waals surface area contributed by atoms with Crippen molar-refractivity contribution in [2.75, 3.05) is 0 Å². The molecule has 0 bridgehead atoms. The third-order valence-corrected chi connectivity index (χ3v) is 3.19. The average Bonchev–Trinajstić information content (AvgIpc) is 2.82. The van der Waals surface area contributed by atoms with Gasteiger partial charge in [-0.25, -0.2) is 0 Å². The van der Waals surface area contributed by atoms with Crippen molar-refractivity contribution in [2.45, 2.75) is 0 Å². The quantitative estimate of drug-likeness (QED) is 0.618. The van der Waals surface area contributed by atoms with E-state index in [9.17, 15) is 0 Å². The molecule has 2 aromatic heterocycles. The number of para-hydroxylation sites is 1. The number of benzene rings is 1. The second-order valence-electron chi connectivity index (χ2n) is 3.21. The molecule has 3 aromatic rings. The summed E-state index contributed by atoms with van der Waals surface area (Å²) < 4.78 is 0. The fraction of sp³-hybridized carbons (Fsp3) is 0. The van der Waals surface area contributed by atoms with Crippen LogP contribution in [0.4, 0.5) is 0 Å². The first kappa shape index (κ1) is 8.56. The van der Waals surface area contributed by atoms with E-state index in [0.29, 0.717) is 0 Å². The van der Waals surface area contributed by atoms with Gasteiger partial charge in [-0.15, -0.1) is 11.3 Å². The minimum Gasteiger partial charge on any atom is -0.253 e. The van der Waals surface area contributed by atoms with Crippen LogP contribution in [-0.4, -0.2) is 9.97 Å². The third kappa shape index (κ3) is 1.41. The van der Waals surface area contributed by atoms with E-state index in [0.717, 1.165) is 16.6 Å². The number of aromatic nitrogens is 2. The van der Waals surface area contributed by atoms with Gasteiger partial charge in [0.25, 0.3) is 0 Å². The van der Waals surface area contributed by atoms with Crippen LogP contribution in [0.1, 0.15) is 0 Å². The van der Waals surface area contributed by atoms with Crippen molar-refractivity contribution in [3.8, 4) is 10.4 Å². The largest absolute Gasteiger partial charge is 0.253 e. The van der Waals surface area contributed by atoms with Crippen molar-refractivity contribution in [1.29, 1.82) is 0 Å². The molecular weight excluding hydrogens is 204 g/mol. The summed E-state index contributed by atoms with van der Waals surface area (Å²) in [6.45, 7) is 0. The van der Waals surface area contributed by atoms with Crippen LogP contribution < -0.4 is 0 Å². The molecule has 0 unspecified atom stereocenters. The van der Waals surface area contributed by atoms with Gasteiger partial charge in [-0.2, -0.15) is 0 Å². The second kappa shape index (κ2) is 3.44. The molecule has 0 N–H and O–H groups in total. The van der Waals surface area contributed by atoms with Crippen molar-refractivity contribution in [3.63, 3.8) is 0 Å². The van der Waals surface area contributed by atoms with Gasteiger partial charge in [-0.05, 0) is 17.5 Å². The van der Waals surface area contributed by atoms with Crippen LogP contribution in [-0.2, 0) is 0 Å². The smallest absolute Gasteiger partial charge is 0.0973 e. The predicted octanol–water partition coefficient (Wildman–Crippen LogP) is 3.36. The Kier molecular flexibility index (Phi) is 1.96. The molecular formula is C12H8N2S. The van der Waals surface area contributed by atoms with Crippen molar-refractivity contribution in [3.05, 3.63) is 48.1 Å². The highest BCUT2D eigenvalue weighted by atomic mass is 32.1. The molecule has 0 fully saturated rings. The lowest BCUT2D eigenvalue weighted by molar-refractivity contribution is 1.30. The van der Waals surface area contributed by atoms with Crippen LogP contribution in [0.25, 0.3) is 21.5 Å². The molecule has 0 amide bonds. The van der Waals surface area contributed by atoms with Crippen LogP contribution in [0.5, 0.6) is 0 Å². The number of hydrogen-bond donors (Lipinski definition) is 0. The Morgan fingerprint density at radius 3 is 2.73 bits per heavy atom. The van der Waals surface area contributed by atoms with Crippen LogP contribution in [0.2, 0.25) is 0 Å². The van der Waals surface area contributed by atoms with Crippen LogP contribution in [0, 0.1) is 0 Å². The summed E-state index contributed by atoms with van der Waals surface area (Å²) in [7, 11) is 0. The van der Waals surface area contributed by atoms with Gasteiger partial charge in [-0.3, -0.25) is 9.97 Å². The van der Waals surface area contributed by atoms with E-state index in [1.54, 1.807) is 23.7 Å². The summed E-state index contributed by atoms with van der Waals surface area (Å²) in [5.74, 6) is 0. The normalized spacial score (nSPS) is 10.7. The van der Waals surface area contributed by atoms with E-state index < -0.39 is 0 Å². The minimum absolute atomic E-state index is 0.948. The zero-order valence-corrected chi connectivity index (χ0v) is 8.74. The number of hydrogen-bond acceptors (Lipinski definition) is 3. The lowest BCUT2D eigenvalue weighted by Crippen LogP contribution is -1.84. The predicted molar refractivity (Wildman–Crippen MR) is 62.9 cm³/mol. The van der Waals surface area contributed by atoms with E-state index in [4.69, 9.17) is 0 Å². The molecule has 0 saturated carbocycles. The lowest BCUT2D eigenvalue weighted by Gasteiger charge is -2.01. The molecule has 3 heteroatoms. The van der Waals surface area contributed by atoms with Crippen LogP contribution in [0.3, 0.4) is 0 Å². The highest BCUT2D eigenvalue weighted by Gasteiger charge is 2.05. The maximum absolute atomic E-state index is 4.38. The third-order valence-electron chi connectivity index (χ3n) is 2.29. The summed E-state index contributed by atoms with van der Waals surface area (Å²) in [4.78, 5) is 9.91. The van der Waals surface area contributed by atoms with Gasteiger partial charge in [0.1, 0.15) is 0 Å². The van der Waals surface area contributed by atoms with E-state index >= 15 is 0 Å². The number of fused-ring (bicyclic) bond motifs is 1. The topological polar surface area (TPSA) is 25.8 Å². The molecule has 0 atom stereocenters. The van der Waals surface area contributed by atoms with Gasteiger partial charge in [0.2, 0.25) is 0 Å². The molecule has 2 nitrogen and oxygen atoms in total. The molecule has 2 heterocycles. The Balaban J connectivity index is 2.36. The van der Waals surface area contributed by atoms with Gasteiger partial charge in [-0.1, -0.05) is 18.2 Å². The van der Waals surface area contributed by atoms with E-state index in [-0.39, 0.29) is 0 Å². The zero-order valence-electron chi connectivity index (χ0n) is 7.92. The van der Waals surface area contributed by atoms with Crippen molar-refractivity contribution < 1.29 is 0 Å². The summed E-state index contributed by atoms with van der Waals surface area (Å²) in [5.41, 5.74) is 3.08. The first-order valence-corrected chi connectivity index (χ1v) is 5.57. The lowest BCUT2D eigenvalue weighted by atomic mass is 10.1. The van der Waals surface area contributed by atoms with E-state index in [2.05, 4.69) is 33.5 Å². The summed E-state index contributed by atoms with van der Waals surface area (Å²) in [5, 5.41) is 2.07. The molecule has 72 valence electrons. The minimum atomic E-state index is 0.948. The Labute approximate surface area is 91.2 Å². The van der Waals surface area contributed by atoms with Gasteiger partial charge in [0.05, 0.1) is 11.0 Å². The average molecular weight is 212 g/mol. The number of nitrogens with zero attached hydrogens (tertiary/aromatic N) is 2. The Hall–Kier alpha value is -1.74. The Morgan fingerprint density at radius 2 is 1.87 bits per heavy atom. The SMILES string of the molecule is c1csc(-c2cccc3nccnc23)c1. The van der Waals surface area contributed by atoms with Crippen LogP contribution in [0.15, 0.2) is 48.1 Å². The first-order valence-electron chi connectivity index (χ1n) is 4.69. The summed E-state index contributed by atoms with van der Waals surface area (Å²) >= 11 is 1.72. The molecule has 1 aromatic carbocycles. The second-order valence-corrected chi connectivity index (χ2v) is 4.15. The highest BCUT2D eigenvalue weighted by molar-refractivity contribution is 7.13. The van der Waals surface area contributed by atoms with Crippen molar-refractivity contribution >= 4 is 22.4 Å². The molecule has 0 aliphatic rings. The number of thiophene rings is 1. The number of rotatable bonds is 1.